The largest absolute Gasteiger partial charge is 0.377 e. The zero-order valence-electron chi connectivity index (χ0n) is 23.0. The number of likely N-dealkylation sites (N-methyl/N-ethyl adjacent to an activating group) is 1. The van der Waals surface area contributed by atoms with Gasteiger partial charge in [0, 0.05) is 37.8 Å². The number of ether oxygens (including phenoxy) is 1. The summed E-state index contributed by atoms with van der Waals surface area (Å²) >= 11 is 0. The van der Waals surface area contributed by atoms with Gasteiger partial charge < -0.3 is 19.1 Å². The van der Waals surface area contributed by atoms with Gasteiger partial charge in [0.25, 0.3) is 0 Å². The van der Waals surface area contributed by atoms with Crippen LogP contribution >= 0.6 is 0 Å². The van der Waals surface area contributed by atoms with E-state index < -0.39 is 0 Å². The van der Waals surface area contributed by atoms with Crippen LogP contribution in [0, 0.1) is 13.8 Å². The van der Waals surface area contributed by atoms with Crippen LogP contribution in [0.2, 0.25) is 0 Å². The lowest BCUT2D eigenvalue weighted by Crippen LogP contribution is -2.40. The summed E-state index contributed by atoms with van der Waals surface area (Å²) in [6, 6.07) is 16.5. The molecule has 1 aliphatic heterocycles. The summed E-state index contributed by atoms with van der Waals surface area (Å²) in [4.78, 5) is 26.2. The lowest BCUT2D eigenvalue weighted by molar-refractivity contribution is -0.129. The Kier molecular flexibility index (Phi) is 6.77. The van der Waals surface area contributed by atoms with Crippen LogP contribution in [0.25, 0.3) is 33.4 Å². The predicted molar refractivity (Wildman–Crippen MR) is 152 cm³/mol. The molecule has 1 saturated heterocycles. The Morgan fingerprint density at radius 3 is 2.65 bits per heavy atom. The number of hydrogen-bond acceptors (Lipinski definition) is 8. The van der Waals surface area contributed by atoms with E-state index in [0.29, 0.717) is 25.6 Å². The standard InChI is InChI=1S/C30H31N7O3/c1-19-28(20(2)40-34-19)22-10-11-25-24(14-22)30(37-12-13-39-18-26(37)21-8-6-5-7-9-21)33-29(32-25)23-15-31-36(16-23)17-27(38)35(3)4/h5-11,14-16,26H,12-13,17-18H2,1-4H3/t26-/m1/s1. The number of benzene rings is 2. The van der Waals surface area contributed by atoms with Crippen molar-refractivity contribution >= 4 is 22.6 Å². The zero-order valence-corrected chi connectivity index (χ0v) is 23.0. The van der Waals surface area contributed by atoms with Gasteiger partial charge in [0.2, 0.25) is 5.91 Å². The van der Waals surface area contributed by atoms with Crippen molar-refractivity contribution in [2.45, 2.75) is 26.4 Å². The molecule has 0 N–H and O–H groups in total. The van der Waals surface area contributed by atoms with Crippen LogP contribution < -0.4 is 4.90 Å². The third-order valence-electron chi connectivity index (χ3n) is 7.27. The Balaban J connectivity index is 1.50. The highest BCUT2D eigenvalue weighted by atomic mass is 16.5. The smallest absolute Gasteiger partial charge is 0.243 e. The number of carbonyl (C=O) groups excluding carboxylic acids is 1. The maximum atomic E-state index is 12.2. The molecule has 10 heteroatoms. The van der Waals surface area contributed by atoms with Gasteiger partial charge in [-0.3, -0.25) is 9.48 Å². The highest BCUT2D eigenvalue weighted by molar-refractivity contribution is 5.95. The SMILES string of the molecule is Cc1noc(C)c1-c1ccc2nc(-c3cnn(CC(=O)N(C)C)c3)nc(N3CCOC[C@@H]3c3ccccc3)c2c1. The number of amides is 1. The fourth-order valence-corrected chi connectivity index (χ4v) is 5.16. The molecule has 0 radical (unpaired) electrons. The molecule has 2 aromatic carbocycles. The second-order valence-corrected chi connectivity index (χ2v) is 10.2. The minimum atomic E-state index is -0.0411. The van der Waals surface area contributed by atoms with Gasteiger partial charge in [-0.1, -0.05) is 41.6 Å². The molecule has 6 rings (SSSR count). The van der Waals surface area contributed by atoms with E-state index >= 15 is 0 Å². The first-order chi connectivity index (χ1) is 19.4. The maximum Gasteiger partial charge on any atom is 0.243 e. The van der Waals surface area contributed by atoms with Gasteiger partial charge in [-0.25, -0.2) is 9.97 Å². The second kappa shape index (κ2) is 10.5. The fraction of sp³-hybridized carbons (Fsp3) is 0.300. The van der Waals surface area contributed by atoms with E-state index in [1.165, 1.54) is 0 Å². The van der Waals surface area contributed by atoms with Crippen molar-refractivity contribution < 1.29 is 14.1 Å². The van der Waals surface area contributed by atoms with Gasteiger partial charge in [0.15, 0.2) is 5.82 Å². The number of anilines is 1. The Morgan fingerprint density at radius 1 is 1.07 bits per heavy atom. The van der Waals surface area contributed by atoms with E-state index in [2.05, 4.69) is 33.4 Å². The molecule has 0 saturated carbocycles. The molecule has 3 aromatic heterocycles. The van der Waals surface area contributed by atoms with E-state index in [-0.39, 0.29) is 18.5 Å². The number of nitrogens with zero attached hydrogens (tertiary/aromatic N) is 7. The highest BCUT2D eigenvalue weighted by Crippen LogP contribution is 2.37. The van der Waals surface area contributed by atoms with Crippen molar-refractivity contribution in [2.75, 3.05) is 38.8 Å². The molecular weight excluding hydrogens is 506 g/mol. The third kappa shape index (κ3) is 4.82. The average molecular weight is 538 g/mol. The second-order valence-electron chi connectivity index (χ2n) is 10.2. The number of aryl methyl sites for hydroxylation is 2. The van der Waals surface area contributed by atoms with Crippen molar-refractivity contribution in [1.29, 1.82) is 0 Å². The molecule has 1 fully saturated rings. The lowest BCUT2D eigenvalue weighted by atomic mass is 10.0. The highest BCUT2D eigenvalue weighted by Gasteiger charge is 2.28. The Labute approximate surface area is 232 Å². The van der Waals surface area contributed by atoms with Crippen LogP contribution in [0.3, 0.4) is 0 Å². The van der Waals surface area contributed by atoms with Crippen molar-refractivity contribution in [3.05, 3.63) is 77.9 Å². The number of morpholine rings is 1. The summed E-state index contributed by atoms with van der Waals surface area (Å²) < 4.78 is 13.0. The Bertz CT molecular complexity index is 1660. The van der Waals surface area contributed by atoms with Crippen LogP contribution in [-0.2, 0) is 16.1 Å². The molecule has 1 amide bonds. The molecule has 0 unspecified atom stereocenters. The van der Waals surface area contributed by atoms with E-state index in [0.717, 1.165) is 50.4 Å². The summed E-state index contributed by atoms with van der Waals surface area (Å²) in [7, 11) is 3.46. The van der Waals surface area contributed by atoms with Crippen LogP contribution in [0.5, 0.6) is 0 Å². The van der Waals surface area contributed by atoms with Gasteiger partial charge in [0.1, 0.15) is 18.1 Å². The average Bonchev–Trinajstić information content (AvgIpc) is 3.58. The summed E-state index contributed by atoms with van der Waals surface area (Å²) in [6.45, 7) is 5.84. The van der Waals surface area contributed by atoms with Crippen LogP contribution in [0.1, 0.15) is 23.1 Å². The molecule has 4 heterocycles. The molecular formula is C30H31N7O3. The van der Waals surface area contributed by atoms with E-state index in [4.69, 9.17) is 19.2 Å². The van der Waals surface area contributed by atoms with Crippen molar-refractivity contribution in [1.82, 2.24) is 29.8 Å². The fourth-order valence-electron chi connectivity index (χ4n) is 5.16. The lowest BCUT2D eigenvalue weighted by Gasteiger charge is -2.37. The summed E-state index contributed by atoms with van der Waals surface area (Å²) in [5.41, 5.74) is 5.53. The summed E-state index contributed by atoms with van der Waals surface area (Å²) in [5, 5.41) is 9.49. The van der Waals surface area contributed by atoms with Gasteiger partial charge in [-0.2, -0.15) is 5.10 Å². The molecule has 204 valence electrons. The summed E-state index contributed by atoms with van der Waals surface area (Å²) in [5.74, 6) is 2.10. The topological polar surface area (TPSA) is 102 Å². The molecule has 0 bridgehead atoms. The molecule has 1 atom stereocenters. The number of aromatic nitrogens is 5. The first-order valence-electron chi connectivity index (χ1n) is 13.3. The number of carbonyl (C=O) groups is 1. The van der Waals surface area contributed by atoms with Crippen LogP contribution in [0.4, 0.5) is 5.82 Å². The number of hydrogen-bond donors (Lipinski definition) is 0. The normalized spacial score (nSPS) is 15.5. The maximum absolute atomic E-state index is 12.2. The van der Waals surface area contributed by atoms with Crippen molar-refractivity contribution in [3.63, 3.8) is 0 Å². The minimum Gasteiger partial charge on any atom is -0.377 e. The number of fused-ring (bicyclic) bond motifs is 1. The van der Waals surface area contributed by atoms with E-state index in [1.807, 2.05) is 50.4 Å². The van der Waals surface area contributed by atoms with E-state index in [1.54, 1.807) is 29.9 Å². The van der Waals surface area contributed by atoms with Gasteiger partial charge in [-0.05, 0) is 37.1 Å². The molecule has 1 aliphatic rings. The quantitative estimate of drug-likeness (QED) is 0.314. The Morgan fingerprint density at radius 2 is 1.90 bits per heavy atom. The molecule has 0 spiro atoms. The molecule has 10 nitrogen and oxygen atoms in total. The first kappa shape index (κ1) is 25.7. The van der Waals surface area contributed by atoms with Gasteiger partial charge in [-0.15, -0.1) is 0 Å². The molecule has 0 aliphatic carbocycles. The predicted octanol–water partition coefficient (Wildman–Crippen LogP) is 4.43. The molecule has 5 aromatic rings. The monoisotopic (exact) mass is 537 g/mol. The van der Waals surface area contributed by atoms with Gasteiger partial charge in [0.05, 0.1) is 42.2 Å². The third-order valence-corrected chi connectivity index (χ3v) is 7.27. The van der Waals surface area contributed by atoms with Gasteiger partial charge >= 0.3 is 0 Å². The van der Waals surface area contributed by atoms with Crippen molar-refractivity contribution in [2.24, 2.45) is 0 Å². The molecule has 40 heavy (non-hydrogen) atoms. The zero-order chi connectivity index (χ0) is 27.8. The number of rotatable bonds is 6. The summed E-state index contributed by atoms with van der Waals surface area (Å²) in [6.07, 6.45) is 3.53. The first-order valence-corrected chi connectivity index (χ1v) is 13.3. The van der Waals surface area contributed by atoms with E-state index in [9.17, 15) is 4.79 Å². The van der Waals surface area contributed by atoms with Crippen LogP contribution in [0.15, 0.2) is 65.4 Å². The van der Waals surface area contributed by atoms with Crippen LogP contribution in [-0.4, -0.2) is 69.6 Å². The minimum absolute atomic E-state index is 0.0101. The Hall–Kier alpha value is -4.57. The van der Waals surface area contributed by atoms with Crippen molar-refractivity contribution in [3.8, 4) is 22.5 Å².